The van der Waals surface area contributed by atoms with Gasteiger partial charge in [-0.05, 0) is 46.1 Å². The number of halogens is 2. The van der Waals surface area contributed by atoms with Crippen LogP contribution in [0.3, 0.4) is 0 Å². The molecule has 0 radical (unpaired) electrons. The van der Waals surface area contributed by atoms with E-state index in [-0.39, 0.29) is 5.82 Å². The molecule has 5 heteroatoms. The molecule has 2 aromatic rings. The van der Waals surface area contributed by atoms with Gasteiger partial charge in [0.2, 0.25) is 0 Å². The van der Waals surface area contributed by atoms with Gasteiger partial charge in [-0.3, -0.25) is 5.10 Å². The lowest BCUT2D eigenvalue weighted by atomic mass is 10.1. The number of anilines is 1. The van der Waals surface area contributed by atoms with Gasteiger partial charge in [0.1, 0.15) is 11.6 Å². The molecule has 78 valence electrons. The first kappa shape index (κ1) is 10.2. The Bertz CT molecular complexity index is 484. The fraction of sp³-hybridized carbons (Fsp3) is 0.100. The predicted octanol–water partition coefficient (Wildman–Crippen LogP) is 2.87. The standard InChI is InChI=1S/C10H9BrFN3/c1-5-2-6(3-8(11)9(5)12)7-4-14-15-10(7)13/h2-4H,1H3,(H3,13,14,15). The number of nitrogens with two attached hydrogens (primary N) is 1. The lowest BCUT2D eigenvalue weighted by Crippen LogP contribution is -1.90. The highest BCUT2D eigenvalue weighted by molar-refractivity contribution is 9.10. The van der Waals surface area contributed by atoms with E-state index >= 15 is 0 Å². The molecule has 2 rings (SSSR count). The number of benzene rings is 1. The van der Waals surface area contributed by atoms with E-state index in [4.69, 9.17) is 5.73 Å². The van der Waals surface area contributed by atoms with Gasteiger partial charge in [-0.1, -0.05) is 0 Å². The molecule has 0 aliphatic carbocycles. The number of nitrogens with zero attached hydrogens (tertiary/aromatic N) is 1. The van der Waals surface area contributed by atoms with Crippen molar-refractivity contribution in [3.63, 3.8) is 0 Å². The summed E-state index contributed by atoms with van der Waals surface area (Å²) in [6.07, 6.45) is 1.62. The summed E-state index contributed by atoms with van der Waals surface area (Å²) in [4.78, 5) is 0. The van der Waals surface area contributed by atoms with Gasteiger partial charge in [0, 0.05) is 5.56 Å². The van der Waals surface area contributed by atoms with E-state index < -0.39 is 0 Å². The lowest BCUT2D eigenvalue weighted by Gasteiger charge is -2.04. The molecule has 0 saturated heterocycles. The Morgan fingerprint density at radius 3 is 2.73 bits per heavy atom. The van der Waals surface area contributed by atoms with Crippen LogP contribution in [-0.2, 0) is 0 Å². The monoisotopic (exact) mass is 269 g/mol. The van der Waals surface area contributed by atoms with Crippen LogP contribution in [0.2, 0.25) is 0 Å². The molecular formula is C10H9BrFN3. The van der Waals surface area contributed by atoms with Gasteiger partial charge in [-0.15, -0.1) is 0 Å². The Kier molecular flexibility index (Phi) is 2.48. The third kappa shape index (κ3) is 1.74. The van der Waals surface area contributed by atoms with Gasteiger partial charge in [0.25, 0.3) is 0 Å². The SMILES string of the molecule is Cc1cc(-c2cn[nH]c2N)cc(Br)c1F. The maximum Gasteiger partial charge on any atom is 0.140 e. The van der Waals surface area contributed by atoms with Crippen molar-refractivity contribution in [1.29, 1.82) is 0 Å². The number of aromatic amines is 1. The van der Waals surface area contributed by atoms with Crippen LogP contribution in [0.4, 0.5) is 10.2 Å². The third-order valence-electron chi connectivity index (χ3n) is 2.19. The van der Waals surface area contributed by atoms with Crippen LogP contribution in [-0.4, -0.2) is 10.2 Å². The van der Waals surface area contributed by atoms with Crippen LogP contribution >= 0.6 is 15.9 Å². The van der Waals surface area contributed by atoms with Crippen molar-refractivity contribution >= 4 is 21.7 Å². The van der Waals surface area contributed by atoms with Crippen molar-refractivity contribution in [3.05, 3.63) is 34.2 Å². The lowest BCUT2D eigenvalue weighted by molar-refractivity contribution is 0.612. The van der Waals surface area contributed by atoms with Gasteiger partial charge in [0.05, 0.1) is 10.7 Å². The molecule has 0 spiro atoms. The van der Waals surface area contributed by atoms with E-state index in [9.17, 15) is 4.39 Å². The topological polar surface area (TPSA) is 54.7 Å². The summed E-state index contributed by atoms with van der Waals surface area (Å²) >= 11 is 3.16. The van der Waals surface area contributed by atoms with Gasteiger partial charge in [-0.25, -0.2) is 4.39 Å². The molecule has 1 aromatic carbocycles. The summed E-state index contributed by atoms with van der Waals surface area (Å²) in [7, 11) is 0. The minimum absolute atomic E-state index is 0.249. The molecule has 0 fully saturated rings. The summed E-state index contributed by atoms with van der Waals surface area (Å²) < 4.78 is 13.8. The minimum atomic E-state index is -0.249. The second-order valence-corrected chi connectivity index (χ2v) is 4.14. The first-order valence-electron chi connectivity index (χ1n) is 4.34. The maximum absolute atomic E-state index is 13.4. The molecule has 3 nitrogen and oxygen atoms in total. The van der Waals surface area contributed by atoms with Crippen LogP contribution in [0.25, 0.3) is 11.1 Å². The van der Waals surface area contributed by atoms with E-state index in [1.807, 2.05) is 0 Å². The molecular weight excluding hydrogens is 261 g/mol. The zero-order valence-corrected chi connectivity index (χ0v) is 9.60. The number of aryl methyl sites for hydroxylation is 1. The van der Waals surface area contributed by atoms with Crippen molar-refractivity contribution in [3.8, 4) is 11.1 Å². The summed E-state index contributed by atoms with van der Waals surface area (Å²) in [6.45, 7) is 1.71. The largest absolute Gasteiger partial charge is 0.384 e. The Labute approximate surface area is 94.6 Å². The van der Waals surface area contributed by atoms with Gasteiger partial charge in [-0.2, -0.15) is 5.10 Å². The second-order valence-electron chi connectivity index (χ2n) is 3.29. The number of nitrogens with one attached hydrogen (secondary N) is 1. The van der Waals surface area contributed by atoms with E-state index in [0.717, 1.165) is 11.1 Å². The number of hydrogen-bond donors (Lipinski definition) is 2. The molecule has 0 aliphatic heterocycles. The van der Waals surface area contributed by atoms with Crippen LogP contribution in [0.15, 0.2) is 22.8 Å². The highest BCUT2D eigenvalue weighted by atomic mass is 79.9. The molecule has 1 heterocycles. The molecule has 0 bridgehead atoms. The van der Waals surface area contributed by atoms with Crippen LogP contribution in [0, 0.1) is 12.7 Å². The smallest absolute Gasteiger partial charge is 0.140 e. The van der Waals surface area contributed by atoms with Crippen molar-refractivity contribution < 1.29 is 4.39 Å². The molecule has 0 saturated carbocycles. The van der Waals surface area contributed by atoms with E-state index in [2.05, 4.69) is 26.1 Å². The van der Waals surface area contributed by atoms with E-state index in [1.165, 1.54) is 0 Å². The maximum atomic E-state index is 13.4. The Morgan fingerprint density at radius 1 is 1.47 bits per heavy atom. The van der Waals surface area contributed by atoms with E-state index in [0.29, 0.717) is 15.9 Å². The molecule has 1 aromatic heterocycles. The van der Waals surface area contributed by atoms with Gasteiger partial charge < -0.3 is 5.73 Å². The normalized spacial score (nSPS) is 10.6. The average Bonchev–Trinajstić information content (AvgIpc) is 2.60. The highest BCUT2D eigenvalue weighted by Gasteiger charge is 2.10. The van der Waals surface area contributed by atoms with Crippen LogP contribution in [0.1, 0.15) is 5.56 Å². The molecule has 0 aliphatic rings. The van der Waals surface area contributed by atoms with Crippen molar-refractivity contribution in [2.24, 2.45) is 0 Å². The average molecular weight is 270 g/mol. The quantitative estimate of drug-likeness (QED) is 0.837. The number of rotatable bonds is 1. The fourth-order valence-corrected chi connectivity index (χ4v) is 1.97. The highest BCUT2D eigenvalue weighted by Crippen LogP contribution is 2.29. The number of nitrogen functional groups attached to an aromatic ring is 1. The van der Waals surface area contributed by atoms with Crippen LogP contribution < -0.4 is 5.73 Å². The van der Waals surface area contributed by atoms with Crippen molar-refractivity contribution in [1.82, 2.24) is 10.2 Å². The van der Waals surface area contributed by atoms with Gasteiger partial charge in [0.15, 0.2) is 0 Å². The molecule has 0 atom stereocenters. The van der Waals surface area contributed by atoms with Crippen LogP contribution in [0.5, 0.6) is 0 Å². The third-order valence-corrected chi connectivity index (χ3v) is 2.77. The Balaban J connectivity index is 2.60. The first-order chi connectivity index (χ1) is 7.09. The number of hydrogen-bond acceptors (Lipinski definition) is 2. The summed E-state index contributed by atoms with van der Waals surface area (Å²) in [5.41, 5.74) is 7.87. The van der Waals surface area contributed by atoms with Gasteiger partial charge >= 0.3 is 0 Å². The Hall–Kier alpha value is -1.36. The molecule has 15 heavy (non-hydrogen) atoms. The summed E-state index contributed by atoms with van der Waals surface area (Å²) in [5.74, 6) is 0.230. The molecule has 0 amide bonds. The van der Waals surface area contributed by atoms with Crippen molar-refractivity contribution in [2.75, 3.05) is 5.73 Å². The van der Waals surface area contributed by atoms with E-state index in [1.54, 1.807) is 25.3 Å². The number of aromatic nitrogens is 2. The predicted molar refractivity (Wildman–Crippen MR) is 60.8 cm³/mol. The molecule has 0 unspecified atom stereocenters. The Morgan fingerprint density at radius 2 is 2.20 bits per heavy atom. The molecule has 3 N–H and O–H groups in total. The fourth-order valence-electron chi connectivity index (χ4n) is 1.41. The summed E-state index contributed by atoms with van der Waals surface area (Å²) in [5, 5.41) is 6.46. The summed E-state index contributed by atoms with van der Waals surface area (Å²) in [6, 6.07) is 3.42. The second kappa shape index (κ2) is 3.66. The van der Waals surface area contributed by atoms with Crippen molar-refractivity contribution in [2.45, 2.75) is 6.92 Å². The number of H-pyrrole nitrogens is 1. The minimum Gasteiger partial charge on any atom is -0.384 e. The zero-order valence-electron chi connectivity index (χ0n) is 8.01. The zero-order chi connectivity index (χ0) is 11.0. The first-order valence-corrected chi connectivity index (χ1v) is 5.13.